The Morgan fingerprint density at radius 1 is 1.47 bits per heavy atom. The number of rotatable bonds is 5. The van der Waals surface area contributed by atoms with Crippen LogP contribution in [0.5, 0.6) is 0 Å². The van der Waals surface area contributed by atoms with Crippen molar-refractivity contribution in [2.45, 2.75) is 57.5 Å². The summed E-state index contributed by atoms with van der Waals surface area (Å²) in [5.41, 5.74) is 5.82. The van der Waals surface area contributed by atoms with E-state index in [0.717, 1.165) is 25.7 Å². The molecule has 0 heterocycles. The standard InChI is InChI=1S/C12H22N2O3/c1-2-4-10(12(16)17)14-11(15)8-5-3-6-9(13)7-8/h8-10H,2-7,13H2,1H3,(H,14,15)(H,16,17). The van der Waals surface area contributed by atoms with Crippen LogP contribution in [0.1, 0.15) is 45.4 Å². The maximum Gasteiger partial charge on any atom is 0.326 e. The average Bonchev–Trinajstić information content (AvgIpc) is 2.28. The summed E-state index contributed by atoms with van der Waals surface area (Å²) in [5.74, 6) is -1.22. The Balaban J connectivity index is 2.48. The first-order valence-corrected chi connectivity index (χ1v) is 6.33. The van der Waals surface area contributed by atoms with Crippen molar-refractivity contribution < 1.29 is 14.7 Å². The molecular weight excluding hydrogens is 220 g/mol. The van der Waals surface area contributed by atoms with Crippen LogP contribution >= 0.6 is 0 Å². The molecule has 1 fully saturated rings. The summed E-state index contributed by atoms with van der Waals surface area (Å²) in [6, 6.07) is -0.681. The predicted molar refractivity (Wildman–Crippen MR) is 64.4 cm³/mol. The molecule has 0 spiro atoms. The van der Waals surface area contributed by atoms with Crippen molar-refractivity contribution in [2.75, 3.05) is 0 Å². The van der Waals surface area contributed by atoms with Crippen molar-refractivity contribution in [1.29, 1.82) is 0 Å². The zero-order chi connectivity index (χ0) is 12.8. The minimum absolute atomic E-state index is 0.0777. The Bertz CT molecular complexity index is 281. The summed E-state index contributed by atoms with van der Waals surface area (Å²) in [7, 11) is 0. The number of carbonyl (C=O) groups excluding carboxylic acids is 1. The highest BCUT2D eigenvalue weighted by atomic mass is 16.4. The fraction of sp³-hybridized carbons (Fsp3) is 0.833. The molecule has 1 aliphatic carbocycles. The van der Waals surface area contributed by atoms with Crippen LogP contribution in [0.4, 0.5) is 0 Å². The fourth-order valence-electron chi connectivity index (χ4n) is 2.30. The Hall–Kier alpha value is -1.10. The molecule has 98 valence electrons. The monoisotopic (exact) mass is 242 g/mol. The Labute approximate surface area is 102 Å². The van der Waals surface area contributed by atoms with Gasteiger partial charge in [0.1, 0.15) is 6.04 Å². The zero-order valence-corrected chi connectivity index (χ0v) is 10.3. The van der Waals surface area contributed by atoms with Crippen LogP contribution in [0.3, 0.4) is 0 Å². The van der Waals surface area contributed by atoms with Crippen LogP contribution in [0.25, 0.3) is 0 Å². The minimum atomic E-state index is -0.958. The van der Waals surface area contributed by atoms with E-state index in [1.807, 2.05) is 6.92 Å². The van der Waals surface area contributed by atoms with Gasteiger partial charge in [0, 0.05) is 12.0 Å². The second-order valence-corrected chi connectivity index (χ2v) is 4.81. The van der Waals surface area contributed by atoms with Crippen molar-refractivity contribution in [3.63, 3.8) is 0 Å². The van der Waals surface area contributed by atoms with Crippen LogP contribution in [-0.4, -0.2) is 29.1 Å². The van der Waals surface area contributed by atoms with Gasteiger partial charge in [-0.15, -0.1) is 0 Å². The van der Waals surface area contributed by atoms with Gasteiger partial charge in [0.25, 0.3) is 0 Å². The third-order valence-corrected chi connectivity index (χ3v) is 3.28. The Kier molecular flexibility index (Phi) is 5.41. The normalized spacial score (nSPS) is 26.2. The molecule has 0 aromatic carbocycles. The highest BCUT2D eigenvalue weighted by molar-refractivity contribution is 5.85. The Morgan fingerprint density at radius 3 is 2.71 bits per heavy atom. The van der Waals surface area contributed by atoms with Gasteiger partial charge in [-0.1, -0.05) is 19.8 Å². The largest absolute Gasteiger partial charge is 0.480 e. The van der Waals surface area contributed by atoms with E-state index in [0.29, 0.717) is 12.8 Å². The van der Waals surface area contributed by atoms with Crippen molar-refractivity contribution in [1.82, 2.24) is 5.32 Å². The van der Waals surface area contributed by atoms with E-state index in [2.05, 4.69) is 5.32 Å². The second kappa shape index (κ2) is 6.59. The van der Waals surface area contributed by atoms with Gasteiger partial charge < -0.3 is 16.2 Å². The van der Waals surface area contributed by atoms with Gasteiger partial charge in [-0.3, -0.25) is 4.79 Å². The molecule has 3 atom stereocenters. The molecule has 5 heteroatoms. The lowest BCUT2D eigenvalue weighted by molar-refractivity contribution is -0.142. The first-order valence-electron chi connectivity index (χ1n) is 6.33. The van der Waals surface area contributed by atoms with Crippen molar-refractivity contribution in [3.8, 4) is 0 Å². The zero-order valence-electron chi connectivity index (χ0n) is 10.3. The van der Waals surface area contributed by atoms with Crippen molar-refractivity contribution in [3.05, 3.63) is 0 Å². The third kappa shape index (κ3) is 4.34. The maximum absolute atomic E-state index is 11.9. The molecule has 1 aliphatic rings. The number of carboxylic acids is 1. The van der Waals surface area contributed by atoms with E-state index in [1.54, 1.807) is 0 Å². The van der Waals surface area contributed by atoms with Crippen LogP contribution in [0.15, 0.2) is 0 Å². The predicted octanol–water partition coefficient (Wildman–Crippen LogP) is 0.873. The number of carboxylic acid groups (broad SMARTS) is 1. The molecule has 1 saturated carbocycles. The van der Waals surface area contributed by atoms with E-state index in [4.69, 9.17) is 10.8 Å². The van der Waals surface area contributed by atoms with E-state index in [9.17, 15) is 9.59 Å². The van der Waals surface area contributed by atoms with Gasteiger partial charge in [0.05, 0.1) is 0 Å². The van der Waals surface area contributed by atoms with Crippen LogP contribution < -0.4 is 11.1 Å². The molecule has 0 radical (unpaired) electrons. The summed E-state index contributed by atoms with van der Waals surface area (Å²) < 4.78 is 0. The fourth-order valence-corrected chi connectivity index (χ4v) is 2.30. The van der Waals surface area contributed by atoms with Crippen LogP contribution in [0, 0.1) is 5.92 Å². The molecule has 4 N–H and O–H groups in total. The molecule has 0 aliphatic heterocycles. The average molecular weight is 242 g/mol. The molecule has 0 bridgehead atoms. The van der Waals surface area contributed by atoms with Gasteiger partial charge in [-0.25, -0.2) is 4.79 Å². The number of aliphatic carboxylic acids is 1. The molecule has 0 saturated heterocycles. The van der Waals surface area contributed by atoms with Gasteiger partial charge in [0.15, 0.2) is 0 Å². The molecule has 3 unspecified atom stereocenters. The number of nitrogens with one attached hydrogen (secondary N) is 1. The topological polar surface area (TPSA) is 92.4 Å². The van der Waals surface area contributed by atoms with Crippen molar-refractivity contribution in [2.24, 2.45) is 11.7 Å². The summed E-state index contributed by atoms with van der Waals surface area (Å²) in [6.45, 7) is 1.90. The van der Waals surface area contributed by atoms with E-state index < -0.39 is 12.0 Å². The van der Waals surface area contributed by atoms with E-state index in [-0.39, 0.29) is 17.9 Å². The number of hydrogen-bond acceptors (Lipinski definition) is 3. The van der Waals surface area contributed by atoms with Crippen LogP contribution in [0.2, 0.25) is 0 Å². The van der Waals surface area contributed by atoms with Gasteiger partial charge in [-0.2, -0.15) is 0 Å². The second-order valence-electron chi connectivity index (χ2n) is 4.81. The molecule has 1 rings (SSSR count). The van der Waals surface area contributed by atoms with Gasteiger partial charge in [-0.05, 0) is 25.7 Å². The van der Waals surface area contributed by atoms with Gasteiger partial charge in [0.2, 0.25) is 5.91 Å². The Morgan fingerprint density at radius 2 is 2.18 bits per heavy atom. The maximum atomic E-state index is 11.9. The van der Waals surface area contributed by atoms with E-state index >= 15 is 0 Å². The number of nitrogens with two attached hydrogens (primary N) is 1. The molecule has 1 amide bonds. The number of amides is 1. The molecule has 0 aromatic rings. The smallest absolute Gasteiger partial charge is 0.326 e. The number of carbonyl (C=O) groups is 2. The molecule has 5 nitrogen and oxygen atoms in total. The SMILES string of the molecule is CCCC(NC(=O)C1CCCC(N)C1)C(=O)O. The third-order valence-electron chi connectivity index (χ3n) is 3.28. The summed E-state index contributed by atoms with van der Waals surface area (Å²) in [5, 5.41) is 11.6. The summed E-state index contributed by atoms with van der Waals surface area (Å²) in [6.07, 6.45) is 4.61. The number of hydrogen-bond donors (Lipinski definition) is 3. The first-order chi connectivity index (χ1) is 8.04. The lowest BCUT2D eigenvalue weighted by Crippen LogP contribution is -2.45. The molecule has 0 aromatic heterocycles. The minimum Gasteiger partial charge on any atom is -0.480 e. The quantitative estimate of drug-likeness (QED) is 0.667. The lowest BCUT2D eigenvalue weighted by Gasteiger charge is -2.26. The lowest BCUT2D eigenvalue weighted by atomic mass is 9.85. The summed E-state index contributed by atoms with van der Waals surface area (Å²) >= 11 is 0. The van der Waals surface area contributed by atoms with Crippen molar-refractivity contribution >= 4 is 11.9 Å². The van der Waals surface area contributed by atoms with Crippen LogP contribution in [-0.2, 0) is 9.59 Å². The highest BCUT2D eigenvalue weighted by Gasteiger charge is 2.28. The molecule has 17 heavy (non-hydrogen) atoms. The van der Waals surface area contributed by atoms with Gasteiger partial charge >= 0.3 is 5.97 Å². The molecular formula is C12H22N2O3. The highest BCUT2D eigenvalue weighted by Crippen LogP contribution is 2.23. The summed E-state index contributed by atoms with van der Waals surface area (Å²) in [4.78, 5) is 22.8. The van der Waals surface area contributed by atoms with E-state index in [1.165, 1.54) is 0 Å². The first kappa shape index (κ1) is 14.0.